The lowest BCUT2D eigenvalue weighted by Crippen LogP contribution is -2.47. The maximum absolute atomic E-state index is 9.59. The van der Waals surface area contributed by atoms with Crippen molar-refractivity contribution in [2.75, 3.05) is 38.7 Å². The molecule has 0 aromatic carbocycles. The van der Waals surface area contributed by atoms with Gasteiger partial charge in [-0.2, -0.15) is 12.6 Å². The van der Waals surface area contributed by atoms with Crippen molar-refractivity contribution < 1.29 is 9.84 Å². The zero-order valence-electron chi connectivity index (χ0n) is 11.3. The fraction of sp³-hybridized carbons (Fsp3) is 1.00. The quantitative estimate of drug-likeness (QED) is 0.768. The number of aliphatic hydroxyl groups is 1. The molecule has 2 heterocycles. The molecule has 18 heavy (non-hydrogen) atoms. The van der Waals surface area contributed by atoms with Crippen LogP contribution in [0.3, 0.4) is 0 Å². The minimum Gasteiger partial charge on any atom is -0.395 e. The smallest absolute Gasteiger partial charge is 0.0586 e. The lowest BCUT2D eigenvalue weighted by Gasteiger charge is -2.42. The van der Waals surface area contributed by atoms with E-state index in [1.54, 1.807) is 0 Å². The van der Waals surface area contributed by atoms with Gasteiger partial charge in [-0.1, -0.05) is 12.8 Å². The summed E-state index contributed by atoms with van der Waals surface area (Å²) in [5, 5.41) is 9.59. The standard InChI is InChI=1S/C14H27NO2S/c16-10-13-4-2-1-3-7-15(13)11-14(12-18)5-8-17-9-6-14/h13,16,18H,1-12H2. The number of aliphatic hydroxyl groups excluding tert-OH is 1. The molecule has 0 amide bonds. The van der Waals surface area contributed by atoms with E-state index in [2.05, 4.69) is 17.5 Å². The van der Waals surface area contributed by atoms with E-state index in [-0.39, 0.29) is 0 Å². The van der Waals surface area contributed by atoms with Crippen molar-refractivity contribution in [3.8, 4) is 0 Å². The van der Waals surface area contributed by atoms with Crippen LogP contribution in [0.4, 0.5) is 0 Å². The van der Waals surface area contributed by atoms with Crippen molar-refractivity contribution >= 4 is 12.6 Å². The molecule has 2 rings (SSSR count). The Hall–Kier alpha value is 0.230. The molecule has 4 heteroatoms. The zero-order chi connectivity index (χ0) is 12.8. The molecule has 1 atom stereocenters. The zero-order valence-corrected chi connectivity index (χ0v) is 12.2. The molecule has 0 spiro atoms. The predicted molar refractivity (Wildman–Crippen MR) is 77.3 cm³/mol. The van der Waals surface area contributed by atoms with E-state index in [0.29, 0.717) is 18.1 Å². The van der Waals surface area contributed by atoms with Gasteiger partial charge in [0.25, 0.3) is 0 Å². The van der Waals surface area contributed by atoms with E-state index >= 15 is 0 Å². The van der Waals surface area contributed by atoms with Gasteiger partial charge in [-0.25, -0.2) is 0 Å². The Kier molecular flexibility index (Phi) is 5.80. The van der Waals surface area contributed by atoms with Crippen LogP contribution in [-0.2, 0) is 4.74 Å². The number of thiol groups is 1. The Labute approximate surface area is 116 Å². The SMILES string of the molecule is OCC1CCCCCN1CC1(CS)CCOCC1. The third-order valence-electron chi connectivity index (χ3n) is 4.64. The highest BCUT2D eigenvalue weighted by Gasteiger charge is 2.35. The van der Waals surface area contributed by atoms with E-state index in [1.165, 1.54) is 19.3 Å². The average Bonchev–Trinajstić information content (AvgIpc) is 2.65. The average molecular weight is 273 g/mol. The summed E-state index contributed by atoms with van der Waals surface area (Å²) in [6, 6.07) is 0.368. The number of ether oxygens (including phenoxy) is 1. The van der Waals surface area contributed by atoms with Gasteiger partial charge < -0.3 is 9.84 Å². The van der Waals surface area contributed by atoms with Crippen LogP contribution in [0.2, 0.25) is 0 Å². The van der Waals surface area contributed by atoms with Gasteiger partial charge in [-0.05, 0) is 43.4 Å². The van der Waals surface area contributed by atoms with Crippen LogP contribution in [0, 0.1) is 5.41 Å². The van der Waals surface area contributed by atoms with Crippen molar-refractivity contribution in [3.63, 3.8) is 0 Å². The summed E-state index contributed by atoms with van der Waals surface area (Å²) in [5.74, 6) is 0.936. The molecule has 1 unspecified atom stereocenters. The van der Waals surface area contributed by atoms with E-state index < -0.39 is 0 Å². The highest BCUT2D eigenvalue weighted by Crippen LogP contribution is 2.34. The van der Waals surface area contributed by atoms with Crippen molar-refractivity contribution in [2.45, 2.75) is 44.6 Å². The van der Waals surface area contributed by atoms with Gasteiger partial charge in [0.1, 0.15) is 0 Å². The number of likely N-dealkylation sites (tertiary alicyclic amines) is 1. The van der Waals surface area contributed by atoms with Crippen LogP contribution < -0.4 is 0 Å². The number of hydrogen-bond acceptors (Lipinski definition) is 4. The van der Waals surface area contributed by atoms with Gasteiger partial charge in [0.2, 0.25) is 0 Å². The van der Waals surface area contributed by atoms with Crippen LogP contribution in [0.5, 0.6) is 0 Å². The molecular formula is C14H27NO2S. The molecular weight excluding hydrogens is 246 g/mol. The number of hydrogen-bond donors (Lipinski definition) is 2. The Morgan fingerprint density at radius 2 is 2.00 bits per heavy atom. The van der Waals surface area contributed by atoms with Gasteiger partial charge in [0.15, 0.2) is 0 Å². The van der Waals surface area contributed by atoms with Gasteiger partial charge in [-0.15, -0.1) is 0 Å². The fourth-order valence-electron chi connectivity index (χ4n) is 3.25. The third-order valence-corrected chi connectivity index (χ3v) is 5.31. The van der Waals surface area contributed by atoms with Crippen LogP contribution in [0.15, 0.2) is 0 Å². The monoisotopic (exact) mass is 273 g/mol. The molecule has 0 aromatic rings. The molecule has 2 saturated heterocycles. The molecule has 3 nitrogen and oxygen atoms in total. The summed E-state index contributed by atoms with van der Waals surface area (Å²) in [6.07, 6.45) is 7.23. The summed E-state index contributed by atoms with van der Waals surface area (Å²) in [4.78, 5) is 2.52. The van der Waals surface area contributed by atoms with E-state index in [4.69, 9.17) is 4.74 Å². The lowest BCUT2D eigenvalue weighted by atomic mass is 9.81. The number of nitrogens with zero attached hydrogens (tertiary/aromatic N) is 1. The first kappa shape index (κ1) is 14.6. The second-order valence-electron chi connectivity index (χ2n) is 5.93. The fourth-order valence-corrected chi connectivity index (χ4v) is 3.67. The highest BCUT2D eigenvalue weighted by atomic mass is 32.1. The normalized spacial score (nSPS) is 30.0. The van der Waals surface area contributed by atoms with Gasteiger partial charge >= 0.3 is 0 Å². The second-order valence-corrected chi connectivity index (χ2v) is 6.24. The Balaban J connectivity index is 1.99. The molecule has 2 aliphatic heterocycles. The molecule has 0 aliphatic carbocycles. The van der Waals surface area contributed by atoms with Crippen LogP contribution >= 0.6 is 12.6 Å². The molecule has 0 bridgehead atoms. The first-order valence-electron chi connectivity index (χ1n) is 7.33. The highest BCUT2D eigenvalue weighted by molar-refractivity contribution is 7.80. The van der Waals surface area contributed by atoms with E-state index in [1.807, 2.05) is 0 Å². The van der Waals surface area contributed by atoms with Gasteiger partial charge in [0.05, 0.1) is 6.61 Å². The lowest BCUT2D eigenvalue weighted by molar-refractivity contribution is -0.00510. The van der Waals surface area contributed by atoms with Crippen molar-refractivity contribution in [1.82, 2.24) is 4.90 Å². The number of rotatable bonds is 4. The summed E-state index contributed by atoms with van der Waals surface area (Å²) in [5.41, 5.74) is 0.305. The van der Waals surface area contributed by atoms with E-state index in [0.717, 1.165) is 51.3 Å². The Morgan fingerprint density at radius 1 is 1.22 bits per heavy atom. The molecule has 1 N–H and O–H groups in total. The van der Waals surface area contributed by atoms with Crippen LogP contribution in [0.1, 0.15) is 38.5 Å². The van der Waals surface area contributed by atoms with Crippen molar-refractivity contribution in [2.24, 2.45) is 5.41 Å². The second kappa shape index (κ2) is 7.13. The first-order valence-corrected chi connectivity index (χ1v) is 7.96. The third kappa shape index (κ3) is 3.62. The Morgan fingerprint density at radius 3 is 2.67 bits per heavy atom. The predicted octanol–water partition coefficient (Wildman–Crippen LogP) is 1.95. The topological polar surface area (TPSA) is 32.7 Å². The first-order chi connectivity index (χ1) is 8.79. The largest absolute Gasteiger partial charge is 0.395 e. The molecule has 0 aromatic heterocycles. The maximum atomic E-state index is 9.59. The van der Waals surface area contributed by atoms with E-state index in [9.17, 15) is 5.11 Å². The molecule has 2 fully saturated rings. The molecule has 2 aliphatic rings. The van der Waals surface area contributed by atoms with Gasteiger partial charge in [0, 0.05) is 25.8 Å². The van der Waals surface area contributed by atoms with Gasteiger partial charge in [-0.3, -0.25) is 4.90 Å². The summed E-state index contributed by atoms with van der Waals surface area (Å²) < 4.78 is 5.49. The molecule has 0 radical (unpaired) electrons. The van der Waals surface area contributed by atoms with Crippen molar-refractivity contribution in [1.29, 1.82) is 0 Å². The van der Waals surface area contributed by atoms with Crippen LogP contribution in [0.25, 0.3) is 0 Å². The minimum atomic E-state index is 0.305. The summed E-state index contributed by atoms with van der Waals surface area (Å²) >= 11 is 4.59. The summed E-state index contributed by atoms with van der Waals surface area (Å²) in [6.45, 7) is 4.28. The minimum absolute atomic E-state index is 0.305. The molecule has 106 valence electrons. The molecule has 0 saturated carbocycles. The maximum Gasteiger partial charge on any atom is 0.0586 e. The van der Waals surface area contributed by atoms with Crippen LogP contribution in [-0.4, -0.2) is 54.7 Å². The Bertz CT molecular complexity index is 244. The summed E-state index contributed by atoms with van der Waals surface area (Å²) in [7, 11) is 0. The van der Waals surface area contributed by atoms with Crippen molar-refractivity contribution in [3.05, 3.63) is 0 Å².